The summed E-state index contributed by atoms with van der Waals surface area (Å²) in [5.74, 6) is 1.21. The van der Waals surface area contributed by atoms with Gasteiger partial charge in [-0.15, -0.1) is 11.3 Å². The number of imide groups is 1. The minimum atomic E-state index is -5.92. The van der Waals surface area contributed by atoms with Crippen molar-refractivity contribution in [1.82, 2.24) is 40.9 Å². The number of methoxy groups -OCH3 is 1. The normalized spacial score (nSPS) is 20.7. The maximum Gasteiger partial charge on any atom is 0.409 e. The summed E-state index contributed by atoms with van der Waals surface area (Å²) in [7, 11) is -4.78. The van der Waals surface area contributed by atoms with E-state index in [2.05, 4.69) is 53.9 Å². The molecule has 27 heteroatoms. The Bertz CT molecular complexity index is 3590. The molecule has 4 aromatic rings. The van der Waals surface area contributed by atoms with E-state index in [-0.39, 0.29) is 104 Å². The van der Waals surface area contributed by atoms with Gasteiger partial charge in [-0.2, -0.15) is 8.78 Å². The first-order valence-electron chi connectivity index (χ1n) is 29.6. The molecule has 5 aliphatic rings. The summed E-state index contributed by atoms with van der Waals surface area (Å²) < 4.78 is 46.2. The van der Waals surface area contributed by atoms with E-state index < -0.39 is 103 Å². The number of primary amides is 1. The van der Waals surface area contributed by atoms with Crippen LogP contribution >= 0.6 is 18.9 Å². The maximum absolute atomic E-state index is 14.8. The van der Waals surface area contributed by atoms with E-state index in [4.69, 9.17) is 10.5 Å². The molecule has 0 saturated carbocycles. The first kappa shape index (κ1) is 65.3. The smallest absolute Gasteiger partial charge is 0.409 e. The van der Waals surface area contributed by atoms with Crippen molar-refractivity contribution in [1.29, 1.82) is 0 Å². The number of halogens is 2. The van der Waals surface area contributed by atoms with Crippen LogP contribution in [0.5, 0.6) is 0 Å². The number of carbonyl (C=O) groups excluding carboxylic acids is 10. The molecular formula is C62H72F2N9O14PS. The Hall–Kier alpha value is -8.11. The fourth-order valence-corrected chi connectivity index (χ4v) is 13.7. The molecule has 8 N–H and O–H groups in total. The van der Waals surface area contributed by atoms with Gasteiger partial charge in [-0.1, -0.05) is 69.0 Å². The molecule has 5 aliphatic heterocycles. The molecule has 10 amide bonds. The number of rotatable bonds is 17. The number of nitrogens with one attached hydrogen (secondary N) is 4. The maximum atomic E-state index is 14.8. The number of alkyl halides is 2. The number of hydrogen-bond donors (Lipinski definition) is 7. The van der Waals surface area contributed by atoms with Crippen molar-refractivity contribution in [2.45, 2.75) is 152 Å². The number of amides is 10. The highest BCUT2D eigenvalue weighted by atomic mass is 32.1. The Morgan fingerprint density at radius 2 is 1.58 bits per heavy atom. The molecule has 0 bridgehead atoms. The van der Waals surface area contributed by atoms with Gasteiger partial charge in [0.05, 0.1) is 18.5 Å². The Morgan fingerprint density at radius 3 is 2.26 bits per heavy atom. The van der Waals surface area contributed by atoms with Gasteiger partial charge in [0.25, 0.3) is 11.8 Å². The van der Waals surface area contributed by atoms with Gasteiger partial charge in [0.1, 0.15) is 30.2 Å². The lowest BCUT2D eigenvalue weighted by Crippen LogP contribution is -2.62. The fourth-order valence-electron chi connectivity index (χ4n) is 12.2. The van der Waals surface area contributed by atoms with Gasteiger partial charge in [0.15, 0.2) is 0 Å². The monoisotopic (exact) mass is 1270 g/mol. The van der Waals surface area contributed by atoms with E-state index >= 15 is 0 Å². The van der Waals surface area contributed by atoms with Crippen LogP contribution in [-0.4, -0.2) is 158 Å². The van der Waals surface area contributed by atoms with E-state index in [1.54, 1.807) is 17.0 Å². The number of nitrogens with two attached hydrogens (primary N) is 1. The molecule has 0 spiro atoms. The zero-order chi connectivity index (χ0) is 64.3. The zero-order valence-electron chi connectivity index (χ0n) is 49.7. The van der Waals surface area contributed by atoms with Crippen LogP contribution in [0.15, 0.2) is 66.7 Å². The molecule has 6 atom stereocenters. The second kappa shape index (κ2) is 26.9. The number of carbonyl (C=O) groups is 10. The predicted octanol–water partition coefficient (Wildman–Crippen LogP) is 4.67. The minimum Gasteiger partial charge on any atom is -0.453 e. The average Bonchev–Trinajstić information content (AvgIpc) is 1.75. The second-order valence-electron chi connectivity index (χ2n) is 24.3. The highest BCUT2D eigenvalue weighted by Crippen LogP contribution is 2.59. The van der Waals surface area contributed by atoms with Gasteiger partial charge in [-0.3, -0.25) is 53.0 Å². The Kier molecular flexibility index (Phi) is 19.8. The molecule has 4 fully saturated rings. The highest BCUT2D eigenvalue weighted by molar-refractivity contribution is 7.52. The molecule has 6 heterocycles. The Balaban J connectivity index is 0.877. The van der Waals surface area contributed by atoms with Crippen LogP contribution in [0.4, 0.5) is 13.6 Å². The van der Waals surface area contributed by atoms with Gasteiger partial charge in [-0.25, -0.2) is 4.79 Å². The third-order valence-corrected chi connectivity index (χ3v) is 19.4. The van der Waals surface area contributed by atoms with Crippen molar-refractivity contribution in [2.24, 2.45) is 11.7 Å². The van der Waals surface area contributed by atoms with Gasteiger partial charge >= 0.3 is 19.4 Å². The van der Waals surface area contributed by atoms with Crippen molar-refractivity contribution < 1.29 is 75.8 Å². The van der Waals surface area contributed by atoms with Crippen molar-refractivity contribution in [3.8, 4) is 11.8 Å². The predicted molar refractivity (Wildman–Crippen MR) is 320 cm³/mol. The number of likely N-dealkylation sites (tertiary alicyclic amines) is 1. The zero-order valence-corrected chi connectivity index (χ0v) is 51.4. The molecule has 4 saturated heterocycles. The summed E-state index contributed by atoms with van der Waals surface area (Å²) in [4.78, 5) is 160. The van der Waals surface area contributed by atoms with Crippen LogP contribution in [0.1, 0.15) is 139 Å². The standard InChI is InChI=1S/C62H72F2N9O14PS/c1-61(2,3)39-14-12-36(13-15-39)30-45(58(81)70-27-24-35(25-28-70)8-5-6-9-37-10-7-11-42-43(37)33-72(57(42)80)47-20-23-52(75)69-54(47)77)67-53(76)44(18-22-51(65)74)66-55(78)48-19-17-41-26-29-71(60(83)87-4)34-46(59(82)73(41)48)68-56(79)50-32-38-31-40(16-21-49(38)89-50)62(63,64)88(84,85)86/h7,10-16,21,31-32,35,41,44-48H,5,8,17-20,22-30,33-34H2,1-4H3,(H2,65,74)(H,66,78)(H,67,76)(H,68,79)(H,69,75,77)(H2,84,85,86)/t41-,44?,45?,46+,47?,48+/m1/s1. The van der Waals surface area contributed by atoms with E-state index in [1.807, 2.05) is 30.3 Å². The molecule has 23 nitrogen and oxygen atoms in total. The summed E-state index contributed by atoms with van der Waals surface area (Å²) >= 11 is 0.843. The molecular weight excluding hydrogens is 1200 g/mol. The SMILES string of the molecule is COC(=O)N1CC[C@H]2CC[C@@H](C(=O)NC(CCC(N)=O)C(=O)NC(Cc3ccc(C(C)(C)C)cc3)C(=O)N3CCC(CCC#Cc4cccc5c4CN(C4CCC(=O)NC4=O)C5=O)CC3)N2C(=O)[C@@H](NC(=O)c2cc3cc(C(F)(F)P(=O)(O)O)ccc3s2)C1. The lowest BCUT2D eigenvalue weighted by molar-refractivity contribution is -0.144. The molecule has 0 radical (unpaired) electrons. The number of nitrogens with zero attached hydrogens (tertiary/aromatic N) is 4. The average molecular weight is 1270 g/mol. The molecule has 474 valence electrons. The summed E-state index contributed by atoms with van der Waals surface area (Å²) in [5, 5.41) is 10.6. The van der Waals surface area contributed by atoms with Gasteiger partial charge in [0, 0.05) is 79.3 Å². The lowest BCUT2D eigenvalue weighted by Gasteiger charge is -2.38. The highest BCUT2D eigenvalue weighted by Gasteiger charge is 2.51. The number of benzene rings is 3. The summed E-state index contributed by atoms with van der Waals surface area (Å²) in [6.45, 7) is 6.76. The van der Waals surface area contributed by atoms with Crippen LogP contribution in [-0.2, 0) is 66.9 Å². The second-order valence-corrected chi connectivity index (χ2v) is 27.0. The number of thiophene rings is 1. The van der Waals surface area contributed by atoms with Crippen LogP contribution in [0.3, 0.4) is 0 Å². The molecule has 3 aromatic carbocycles. The van der Waals surface area contributed by atoms with E-state index in [9.17, 15) is 71.1 Å². The van der Waals surface area contributed by atoms with Gasteiger partial charge in [0.2, 0.25) is 41.4 Å². The molecule has 89 heavy (non-hydrogen) atoms. The topological polar surface area (TPSA) is 325 Å². The minimum absolute atomic E-state index is 0.0317. The molecule has 9 rings (SSSR count). The van der Waals surface area contributed by atoms with E-state index in [1.165, 1.54) is 26.8 Å². The van der Waals surface area contributed by atoms with Crippen molar-refractivity contribution >= 4 is 88.3 Å². The fraction of sp³-hybridized carbons (Fsp3) is 0.484. The summed E-state index contributed by atoms with van der Waals surface area (Å²) in [5.41, 5.74) is 3.58. The Labute approximate surface area is 516 Å². The quantitative estimate of drug-likeness (QED) is 0.0430. The molecule has 0 aliphatic carbocycles. The van der Waals surface area contributed by atoms with Crippen LogP contribution in [0.2, 0.25) is 0 Å². The van der Waals surface area contributed by atoms with E-state index in [0.29, 0.717) is 48.2 Å². The van der Waals surface area contributed by atoms with Crippen LogP contribution in [0.25, 0.3) is 10.1 Å². The number of hydrogen-bond acceptors (Lipinski definition) is 13. The number of piperidine rings is 2. The first-order valence-corrected chi connectivity index (χ1v) is 32.0. The van der Waals surface area contributed by atoms with Gasteiger partial charge in [-0.05, 0) is 115 Å². The van der Waals surface area contributed by atoms with Crippen molar-refractivity contribution in [2.75, 3.05) is 33.3 Å². The summed E-state index contributed by atoms with van der Waals surface area (Å²) in [6, 6.07) is 10.3. The molecule has 3 unspecified atom stereocenters. The van der Waals surface area contributed by atoms with Crippen molar-refractivity contribution in [3.05, 3.63) is 105 Å². The largest absolute Gasteiger partial charge is 0.453 e. The van der Waals surface area contributed by atoms with Crippen LogP contribution in [0, 0.1) is 17.8 Å². The third kappa shape index (κ3) is 14.8. The summed E-state index contributed by atoms with van der Waals surface area (Å²) in [6.07, 6.45) is 2.11. The first-order chi connectivity index (χ1) is 42.1. The van der Waals surface area contributed by atoms with E-state index in [0.717, 1.165) is 53.7 Å². The van der Waals surface area contributed by atoms with Crippen LogP contribution < -0.4 is 27.0 Å². The third-order valence-electron chi connectivity index (χ3n) is 17.3. The lowest BCUT2D eigenvalue weighted by atomic mass is 9.86. The number of fused-ring (bicyclic) bond motifs is 3. The van der Waals surface area contributed by atoms with Crippen molar-refractivity contribution in [3.63, 3.8) is 0 Å². The number of ether oxygens (including phenoxy) is 1. The van der Waals surface area contributed by atoms with Gasteiger partial charge < -0.3 is 55.8 Å². The Morgan fingerprint density at radius 1 is 0.876 bits per heavy atom. The molecule has 1 aromatic heterocycles.